The van der Waals surface area contributed by atoms with E-state index in [1.807, 2.05) is 19.9 Å². The predicted molar refractivity (Wildman–Crippen MR) is 119 cm³/mol. The molecule has 4 rings (SSSR count). The van der Waals surface area contributed by atoms with Crippen LogP contribution in [0, 0.1) is 13.8 Å². The first-order chi connectivity index (χ1) is 14.3. The minimum Gasteiger partial charge on any atom is -0.493 e. The van der Waals surface area contributed by atoms with Crippen molar-refractivity contribution in [1.82, 2.24) is 9.38 Å². The summed E-state index contributed by atoms with van der Waals surface area (Å²) in [7, 11) is 1.47. The van der Waals surface area contributed by atoms with Crippen molar-refractivity contribution in [2.45, 2.75) is 13.8 Å². The Balaban J connectivity index is 1.83. The maximum atomic E-state index is 13.1. The molecule has 0 unspecified atom stereocenters. The quantitative estimate of drug-likeness (QED) is 0.463. The van der Waals surface area contributed by atoms with Gasteiger partial charge in [0.25, 0.3) is 5.56 Å². The van der Waals surface area contributed by atoms with Crippen molar-refractivity contribution in [2.24, 2.45) is 0 Å². The van der Waals surface area contributed by atoms with Crippen molar-refractivity contribution in [2.75, 3.05) is 13.7 Å². The first-order valence-electron chi connectivity index (χ1n) is 8.95. The predicted octanol–water partition coefficient (Wildman–Crippen LogP) is 3.31. The van der Waals surface area contributed by atoms with E-state index in [0.717, 1.165) is 32.2 Å². The lowest BCUT2D eigenvalue weighted by Crippen LogP contribution is -2.22. The molecule has 154 valence electrons. The number of aromatic nitrogens is 2. The van der Waals surface area contributed by atoms with Crippen LogP contribution in [0.25, 0.3) is 22.1 Å². The average Bonchev–Trinajstić information content (AvgIpc) is 3.22. The normalized spacial score (nSPS) is 12.1. The number of carbonyl (C=O) groups is 1. The van der Waals surface area contributed by atoms with Crippen molar-refractivity contribution in [3.05, 3.63) is 60.3 Å². The van der Waals surface area contributed by atoms with Gasteiger partial charge in [-0.25, -0.2) is 14.2 Å². The molecule has 2 heterocycles. The van der Waals surface area contributed by atoms with Crippen LogP contribution in [0.2, 0.25) is 0 Å². The molecule has 0 fully saturated rings. The van der Waals surface area contributed by atoms with Crippen LogP contribution in [0.3, 0.4) is 0 Å². The Bertz CT molecular complexity index is 1420. The Morgan fingerprint density at radius 2 is 2.07 bits per heavy atom. The molecule has 0 spiro atoms. The number of methoxy groups -OCH3 is 1. The standard InChI is InChI=1S/C21H17BrN2O5S/c1-10-6-13-19(18(22)11(10)2)23-21-24(13)20(27)16(30-21)8-12-4-5-14(15(7-12)28-3)29-9-17(25)26/h4-8H,9H2,1-3H3,(H,25,26)/b16-8-. The van der Waals surface area contributed by atoms with Crippen LogP contribution in [-0.4, -0.2) is 34.2 Å². The molecule has 0 aliphatic rings. The van der Waals surface area contributed by atoms with Crippen LogP contribution in [0.15, 0.2) is 33.5 Å². The van der Waals surface area contributed by atoms with E-state index < -0.39 is 12.6 Å². The van der Waals surface area contributed by atoms with E-state index in [4.69, 9.17) is 14.6 Å². The number of imidazole rings is 1. The zero-order chi connectivity index (χ0) is 21.6. The number of carboxylic acids is 1. The van der Waals surface area contributed by atoms with E-state index in [9.17, 15) is 9.59 Å². The number of carboxylic acid groups (broad SMARTS) is 1. The molecule has 2 aromatic heterocycles. The molecule has 0 aliphatic heterocycles. The van der Waals surface area contributed by atoms with Crippen LogP contribution < -0.4 is 19.6 Å². The molecule has 0 atom stereocenters. The fraction of sp³-hybridized carbons (Fsp3) is 0.190. The highest BCUT2D eigenvalue weighted by Gasteiger charge is 2.16. The van der Waals surface area contributed by atoms with Gasteiger partial charge in [0.05, 0.1) is 17.2 Å². The van der Waals surface area contributed by atoms with Crippen LogP contribution >= 0.6 is 27.3 Å². The van der Waals surface area contributed by atoms with Crippen LogP contribution in [0.1, 0.15) is 16.7 Å². The Hall–Kier alpha value is -2.91. The molecule has 4 aromatic rings. The number of fused-ring (bicyclic) bond motifs is 3. The summed E-state index contributed by atoms with van der Waals surface area (Å²) >= 11 is 4.90. The van der Waals surface area contributed by atoms with Gasteiger partial charge in [-0.1, -0.05) is 17.4 Å². The highest BCUT2D eigenvalue weighted by molar-refractivity contribution is 9.10. The van der Waals surface area contributed by atoms with Gasteiger partial charge in [-0.2, -0.15) is 0 Å². The Morgan fingerprint density at radius 3 is 2.77 bits per heavy atom. The number of nitrogens with zero attached hydrogens (tertiary/aromatic N) is 2. The Morgan fingerprint density at radius 1 is 1.30 bits per heavy atom. The lowest BCUT2D eigenvalue weighted by Gasteiger charge is -2.09. The average molecular weight is 489 g/mol. The van der Waals surface area contributed by atoms with E-state index >= 15 is 0 Å². The van der Waals surface area contributed by atoms with Gasteiger partial charge in [0.1, 0.15) is 5.52 Å². The van der Waals surface area contributed by atoms with Gasteiger partial charge in [-0.15, -0.1) is 0 Å². The Kier molecular flexibility index (Phi) is 5.25. The van der Waals surface area contributed by atoms with Crippen molar-refractivity contribution in [1.29, 1.82) is 0 Å². The van der Waals surface area contributed by atoms with Crippen LogP contribution in [0.5, 0.6) is 11.5 Å². The van der Waals surface area contributed by atoms with Crippen LogP contribution in [-0.2, 0) is 4.79 Å². The van der Waals surface area contributed by atoms with E-state index in [2.05, 4.69) is 20.9 Å². The fourth-order valence-corrected chi connectivity index (χ4v) is 4.75. The lowest BCUT2D eigenvalue weighted by atomic mass is 10.1. The molecule has 0 bridgehead atoms. The van der Waals surface area contributed by atoms with Gasteiger partial charge in [0.15, 0.2) is 23.1 Å². The van der Waals surface area contributed by atoms with Crippen LogP contribution in [0.4, 0.5) is 0 Å². The second-order valence-corrected chi connectivity index (χ2v) is 8.54. The maximum Gasteiger partial charge on any atom is 0.341 e. The molecule has 7 nitrogen and oxygen atoms in total. The van der Waals surface area contributed by atoms with Gasteiger partial charge in [-0.05, 0) is 70.7 Å². The monoisotopic (exact) mass is 488 g/mol. The SMILES string of the molecule is COc1cc(/C=c2\sc3nc4c(Br)c(C)c(C)cc4n3c2=O)ccc1OCC(=O)O. The first kappa shape index (κ1) is 20.4. The number of halogens is 1. The minimum absolute atomic E-state index is 0.141. The maximum absolute atomic E-state index is 13.1. The van der Waals surface area contributed by atoms with E-state index in [1.54, 1.807) is 28.7 Å². The van der Waals surface area contributed by atoms with Gasteiger partial charge >= 0.3 is 5.97 Å². The highest BCUT2D eigenvalue weighted by atomic mass is 79.9. The van der Waals surface area contributed by atoms with E-state index in [0.29, 0.717) is 21.0 Å². The summed E-state index contributed by atoms with van der Waals surface area (Å²) in [4.78, 5) is 29.1. The summed E-state index contributed by atoms with van der Waals surface area (Å²) in [6, 6.07) is 7.03. The number of thiazole rings is 1. The summed E-state index contributed by atoms with van der Waals surface area (Å²) in [6.45, 7) is 3.55. The van der Waals surface area contributed by atoms with Crippen molar-refractivity contribution in [3.8, 4) is 11.5 Å². The smallest absolute Gasteiger partial charge is 0.341 e. The summed E-state index contributed by atoms with van der Waals surface area (Å²) in [5, 5.41) is 8.78. The van der Waals surface area contributed by atoms with Gasteiger partial charge in [-0.3, -0.25) is 4.79 Å². The van der Waals surface area contributed by atoms with Gasteiger partial charge in [0, 0.05) is 4.47 Å². The van der Waals surface area contributed by atoms with Gasteiger partial charge in [0.2, 0.25) is 0 Å². The summed E-state index contributed by atoms with van der Waals surface area (Å²) in [5.74, 6) is -0.365. The minimum atomic E-state index is -1.07. The third-order valence-corrected chi connectivity index (χ3v) is 6.75. The molecule has 30 heavy (non-hydrogen) atoms. The highest BCUT2D eigenvalue weighted by Crippen LogP contribution is 2.31. The molecule has 9 heteroatoms. The molecule has 0 amide bonds. The van der Waals surface area contributed by atoms with Crippen molar-refractivity contribution < 1.29 is 19.4 Å². The fourth-order valence-electron chi connectivity index (χ4n) is 3.16. The number of benzene rings is 2. The second kappa shape index (κ2) is 7.73. The summed E-state index contributed by atoms with van der Waals surface area (Å²) < 4.78 is 13.6. The molecular weight excluding hydrogens is 472 g/mol. The summed E-state index contributed by atoms with van der Waals surface area (Å²) in [5.41, 5.74) is 4.32. The number of rotatable bonds is 5. The van der Waals surface area contributed by atoms with Crippen molar-refractivity contribution >= 4 is 55.3 Å². The third-order valence-electron chi connectivity index (χ3n) is 4.82. The zero-order valence-corrected chi connectivity index (χ0v) is 18.8. The molecule has 0 radical (unpaired) electrons. The molecule has 0 saturated heterocycles. The lowest BCUT2D eigenvalue weighted by molar-refractivity contribution is -0.139. The second-order valence-electron chi connectivity index (χ2n) is 6.74. The van der Waals surface area contributed by atoms with Crippen molar-refractivity contribution in [3.63, 3.8) is 0 Å². The molecular formula is C21H17BrN2O5S. The topological polar surface area (TPSA) is 90.1 Å². The number of ether oxygens (including phenoxy) is 2. The third kappa shape index (κ3) is 3.44. The molecule has 2 aromatic carbocycles. The van der Waals surface area contributed by atoms with E-state index in [-0.39, 0.29) is 5.56 Å². The molecule has 0 aliphatic carbocycles. The summed E-state index contributed by atoms with van der Waals surface area (Å²) in [6.07, 6.45) is 1.76. The molecule has 0 saturated carbocycles. The Labute approximate surface area is 183 Å². The largest absolute Gasteiger partial charge is 0.493 e. The zero-order valence-electron chi connectivity index (χ0n) is 16.4. The first-order valence-corrected chi connectivity index (χ1v) is 10.6. The van der Waals surface area contributed by atoms with E-state index in [1.165, 1.54) is 18.4 Å². The van der Waals surface area contributed by atoms with Gasteiger partial charge < -0.3 is 14.6 Å². The number of aryl methyl sites for hydroxylation is 1. The number of hydrogen-bond acceptors (Lipinski definition) is 6. The number of aliphatic carboxylic acids is 1. The number of hydrogen-bond donors (Lipinski definition) is 1. The molecule has 1 N–H and O–H groups in total.